The minimum Gasteiger partial charge on any atom is -0.490 e. The number of anilines is 2. The molecule has 3 rings (SSSR count). The Bertz CT molecular complexity index is 967. The van der Waals surface area contributed by atoms with Crippen LogP contribution in [0.1, 0.15) is 19.4 Å². The molecule has 0 spiro atoms. The molecule has 2 aromatic carbocycles. The van der Waals surface area contributed by atoms with Crippen LogP contribution in [0, 0.1) is 11.3 Å². The van der Waals surface area contributed by atoms with Gasteiger partial charge in [-0.15, -0.1) is 0 Å². The van der Waals surface area contributed by atoms with Crippen LogP contribution >= 0.6 is 0 Å². The zero-order chi connectivity index (χ0) is 19.2. The smallest absolute Gasteiger partial charge is 0.163 e. The third-order valence-corrected chi connectivity index (χ3v) is 4.15. The number of para-hydroxylation sites is 1. The van der Waals surface area contributed by atoms with Gasteiger partial charge >= 0.3 is 0 Å². The zero-order valence-electron chi connectivity index (χ0n) is 15.5. The predicted molar refractivity (Wildman–Crippen MR) is 106 cm³/mol. The van der Waals surface area contributed by atoms with Crippen molar-refractivity contribution in [2.75, 3.05) is 24.8 Å². The zero-order valence-corrected chi connectivity index (χ0v) is 15.5. The lowest BCUT2D eigenvalue weighted by Gasteiger charge is -2.25. The normalized spacial score (nSPS) is 10.4. The summed E-state index contributed by atoms with van der Waals surface area (Å²) < 4.78 is 11.5. The molecule has 0 aliphatic heterocycles. The van der Waals surface area contributed by atoms with Gasteiger partial charge < -0.3 is 20.1 Å². The number of nitriles is 1. The van der Waals surface area contributed by atoms with Gasteiger partial charge in [-0.3, -0.25) is 4.98 Å². The van der Waals surface area contributed by atoms with Gasteiger partial charge in [0, 0.05) is 23.3 Å². The van der Waals surface area contributed by atoms with Crippen molar-refractivity contribution in [2.45, 2.75) is 13.8 Å². The molecule has 0 radical (unpaired) electrons. The lowest BCUT2D eigenvalue weighted by Crippen LogP contribution is -2.26. The Morgan fingerprint density at radius 2 is 1.74 bits per heavy atom. The summed E-state index contributed by atoms with van der Waals surface area (Å²) >= 11 is 0. The average Bonchev–Trinajstić information content (AvgIpc) is 2.70. The van der Waals surface area contributed by atoms with Crippen molar-refractivity contribution >= 4 is 22.3 Å². The van der Waals surface area contributed by atoms with Crippen LogP contribution in [0.25, 0.3) is 10.9 Å². The van der Waals surface area contributed by atoms with Gasteiger partial charge in [-0.2, -0.15) is 5.26 Å². The maximum absolute atomic E-state index is 9.67. The van der Waals surface area contributed by atoms with E-state index in [1.807, 2.05) is 61.2 Å². The highest BCUT2D eigenvalue weighted by atomic mass is 16.5. The van der Waals surface area contributed by atoms with E-state index >= 15 is 0 Å². The maximum atomic E-state index is 9.67. The van der Waals surface area contributed by atoms with Crippen LogP contribution < -0.4 is 20.1 Å². The summed E-state index contributed by atoms with van der Waals surface area (Å²) in [5.74, 6) is 1.25. The molecule has 0 saturated heterocycles. The monoisotopic (exact) mass is 362 g/mol. The molecule has 27 heavy (non-hydrogen) atoms. The molecule has 1 heterocycles. The SMILES string of the molecule is CCOc1cc2ncc(C#N)c(N(CN)c3ccccc3)c2cc1OCC. The van der Waals surface area contributed by atoms with E-state index in [-0.39, 0.29) is 6.67 Å². The summed E-state index contributed by atoms with van der Waals surface area (Å²) in [7, 11) is 0. The largest absolute Gasteiger partial charge is 0.490 e. The van der Waals surface area contributed by atoms with Crippen molar-refractivity contribution < 1.29 is 9.47 Å². The van der Waals surface area contributed by atoms with Crippen molar-refractivity contribution in [2.24, 2.45) is 5.73 Å². The number of pyridine rings is 1. The third kappa shape index (κ3) is 3.64. The number of hydrogen-bond acceptors (Lipinski definition) is 6. The van der Waals surface area contributed by atoms with Crippen molar-refractivity contribution in [3.05, 3.63) is 54.2 Å². The first-order valence-electron chi connectivity index (χ1n) is 8.88. The highest BCUT2D eigenvalue weighted by Crippen LogP contribution is 2.39. The highest BCUT2D eigenvalue weighted by molar-refractivity contribution is 5.98. The van der Waals surface area contributed by atoms with Crippen LogP contribution in [-0.4, -0.2) is 24.9 Å². The van der Waals surface area contributed by atoms with E-state index in [4.69, 9.17) is 15.2 Å². The number of ether oxygens (including phenoxy) is 2. The molecule has 0 unspecified atom stereocenters. The molecule has 0 aliphatic rings. The molecule has 138 valence electrons. The molecule has 0 saturated carbocycles. The molecule has 0 aliphatic carbocycles. The molecule has 0 atom stereocenters. The standard InChI is InChI=1S/C21H22N4O2/c1-3-26-19-10-17-18(11-20(19)27-4-2)24-13-15(12-22)21(17)25(14-23)16-8-6-5-7-9-16/h5-11,13H,3-4,14,23H2,1-2H3. The second kappa shape index (κ2) is 8.39. The molecule has 6 heteroatoms. The molecular formula is C21H22N4O2. The number of aromatic nitrogens is 1. The first kappa shape index (κ1) is 18.5. The first-order valence-corrected chi connectivity index (χ1v) is 8.88. The summed E-state index contributed by atoms with van der Waals surface area (Å²) in [5, 5.41) is 10.5. The van der Waals surface area contributed by atoms with Gasteiger partial charge in [0.1, 0.15) is 6.07 Å². The minimum absolute atomic E-state index is 0.217. The number of nitrogens with two attached hydrogens (primary N) is 1. The number of benzene rings is 2. The molecule has 1 aromatic heterocycles. The summed E-state index contributed by atoms with van der Waals surface area (Å²) in [4.78, 5) is 6.34. The second-order valence-corrected chi connectivity index (χ2v) is 5.76. The first-order chi connectivity index (χ1) is 13.2. The summed E-state index contributed by atoms with van der Waals surface area (Å²) in [6.45, 7) is 5.08. The lowest BCUT2D eigenvalue weighted by molar-refractivity contribution is 0.288. The quantitative estimate of drug-likeness (QED) is 0.641. The fraction of sp³-hybridized carbons (Fsp3) is 0.238. The number of nitrogens with zero attached hydrogens (tertiary/aromatic N) is 3. The van der Waals surface area contributed by atoms with Gasteiger partial charge in [-0.1, -0.05) is 18.2 Å². The molecule has 0 bridgehead atoms. The molecule has 2 N–H and O–H groups in total. The van der Waals surface area contributed by atoms with Crippen LogP contribution in [0.3, 0.4) is 0 Å². The van der Waals surface area contributed by atoms with Gasteiger partial charge in [-0.05, 0) is 32.0 Å². The lowest BCUT2D eigenvalue weighted by atomic mass is 10.1. The Labute approximate surface area is 158 Å². The summed E-state index contributed by atoms with van der Waals surface area (Å²) in [6.07, 6.45) is 1.57. The molecule has 3 aromatic rings. The van der Waals surface area contributed by atoms with Gasteiger partial charge in [0.15, 0.2) is 11.5 Å². The Kier molecular flexibility index (Phi) is 5.74. The average molecular weight is 362 g/mol. The van der Waals surface area contributed by atoms with E-state index in [0.29, 0.717) is 41.5 Å². The molecule has 6 nitrogen and oxygen atoms in total. The second-order valence-electron chi connectivity index (χ2n) is 5.76. The summed E-state index contributed by atoms with van der Waals surface area (Å²) in [6, 6.07) is 15.7. The van der Waals surface area contributed by atoms with Crippen molar-refractivity contribution in [3.63, 3.8) is 0 Å². The van der Waals surface area contributed by atoms with Gasteiger partial charge in [0.2, 0.25) is 0 Å². The van der Waals surface area contributed by atoms with Crippen LogP contribution in [0.15, 0.2) is 48.7 Å². The van der Waals surface area contributed by atoms with E-state index in [1.165, 1.54) is 0 Å². The van der Waals surface area contributed by atoms with Gasteiger partial charge in [0.25, 0.3) is 0 Å². The van der Waals surface area contributed by atoms with E-state index in [1.54, 1.807) is 6.20 Å². The van der Waals surface area contributed by atoms with E-state index in [9.17, 15) is 5.26 Å². The van der Waals surface area contributed by atoms with Gasteiger partial charge in [-0.25, -0.2) is 0 Å². The third-order valence-electron chi connectivity index (χ3n) is 4.15. The fourth-order valence-electron chi connectivity index (χ4n) is 3.03. The van der Waals surface area contributed by atoms with Gasteiger partial charge in [0.05, 0.1) is 36.6 Å². The molecule has 0 amide bonds. The van der Waals surface area contributed by atoms with Crippen LogP contribution in [0.2, 0.25) is 0 Å². The van der Waals surface area contributed by atoms with E-state index < -0.39 is 0 Å². The van der Waals surface area contributed by atoms with Crippen molar-refractivity contribution in [1.29, 1.82) is 5.26 Å². The van der Waals surface area contributed by atoms with Crippen LogP contribution in [-0.2, 0) is 0 Å². The van der Waals surface area contributed by atoms with E-state index in [0.717, 1.165) is 11.1 Å². The highest BCUT2D eigenvalue weighted by Gasteiger charge is 2.19. The Morgan fingerprint density at radius 3 is 2.33 bits per heavy atom. The minimum atomic E-state index is 0.217. The number of rotatable bonds is 7. The Balaban J connectivity index is 2.29. The van der Waals surface area contributed by atoms with E-state index in [2.05, 4.69) is 11.1 Å². The topological polar surface area (TPSA) is 84.4 Å². The maximum Gasteiger partial charge on any atom is 0.163 e. The van der Waals surface area contributed by atoms with Crippen LogP contribution in [0.4, 0.5) is 11.4 Å². The van der Waals surface area contributed by atoms with Crippen LogP contribution in [0.5, 0.6) is 11.5 Å². The Morgan fingerprint density at radius 1 is 1.07 bits per heavy atom. The number of hydrogen-bond donors (Lipinski definition) is 1. The van der Waals surface area contributed by atoms with Crippen molar-refractivity contribution in [1.82, 2.24) is 4.98 Å². The van der Waals surface area contributed by atoms with Crippen molar-refractivity contribution in [3.8, 4) is 17.6 Å². The fourth-order valence-corrected chi connectivity index (χ4v) is 3.03. The summed E-state index contributed by atoms with van der Waals surface area (Å²) in [5.41, 5.74) is 8.83. The predicted octanol–water partition coefficient (Wildman–Crippen LogP) is 3.96. The molecule has 0 fully saturated rings. The number of fused-ring (bicyclic) bond motifs is 1. The molecular weight excluding hydrogens is 340 g/mol. The Hall–Kier alpha value is -3.30.